The molecule has 0 spiro atoms. The number of halogens is 2. The molecule has 1 aliphatic rings. The van der Waals surface area contributed by atoms with E-state index in [0.717, 1.165) is 12.8 Å². The summed E-state index contributed by atoms with van der Waals surface area (Å²) < 4.78 is 5.73. The molecule has 0 aromatic heterocycles. The minimum atomic E-state index is -0.477. The van der Waals surface area contributed by atoms with Crippen molar-refractivity contribution in [1.29, 1.82) is 0 Å². The van der Waals surface area contributed by atoms with Crippen molar-refractivity contribution in [2.75, 3.05) is 5.32 Å². The molecule has 19 heavy (non-hydrogen) atoms. The summed E-state index contributed by atoms with van der Waals surface area (Å²) in [6, 6.07) is 4.97. The van der Waals surface area contributed by atoms with Gasteiger partial charge in [-0.1, -0.05) is 36.0 Å². The monoisotopic (exact) mass is 301 g/mol. The SMILES string of the molecule is C[C@@H](OC1CCCC1)C(=O)Nc1ccc(Cl)cc1Cl. The molecule has 1 N–H and O–H groups in total. The van der Waals surface area contributed by atoms with Gasteiger partial charge in [-0.3, -0.25) is 4.79 Å². The summed E-state index contributed by atoms with van der Waals surface area (Å²) in [5.41, 5.74) is 0.554. The number of rotatable bonds is 4. The predicted molar refractivity (Wildman–Crippen MR) is 77.9 cm³/mol. The zero-order valence-electron chi connectivity index (χ0n) is 10.8. The van der Waals surface area contributed by atoms with Gasteiger partial charge in [-0.15, -0.1) is 0 Å². The van der Waals surface area contributed by atoms with E-state index in [2.05, 4.69) is 5.32 Å². The number of benzene rings is 1. The molecule has 1 aromatic rings. The Morgan fingerprint density at radius 3 is 2.68 bits per heavy atom. The molecule has 0 radical (unpaired) electrons. The summed E-state index contributed by atoms with van der Waals surface area (Å²) in [5.74, 6) is -0.184. The molecule has 0 heterocycles. The van der Waals surface area contributed by atoms with Crippen molar-refractivity contribution in [3.05, 3.63) is 28.2 Å². The van der Waals surface area contributed by atoms with E-state index < -0.39 is 6.10 Å². The Morgan fingerprint density at radius 1 is 1.37 bits per heavy atom. The summed E-state index contributed by atoms with van der Waals surface area (Å²) in [4.78, 5) is 12.0. The molecule has 2 rings (SSSR count). The van der Waals surface area contributed by atoms with E-state index in [1.54, 1.807) is 25.1 Å². The highest BCUT2D eigenvalue weighted by molar-refractivity contribution is 6.36. The second-order valence-electron chi connectivity index (χ2n) is 4.80. The quantitative estimate of drug-likeness (QED) is 0.901. The second kappa shape index (κ2) is 6.60. The molecule has 1 aliphatic carbocycles. The van der Waals surface area contributed by atoms with Crippen molar-refractivity contribution < 1.29 is 9.53 Å². The fourth-order valence-electron chi connectivity index (χ4n) is 2.20. The molecular formula is C14H17Cl2NO2. The third-order valence-electron chi connectivity index (χ3n) is 3.26. The number of anilines is 1. The van der Waals surface area contributed by atoms with Crippen LogP contribution in [-0.2, 0) is 9.53 Å². The highest BCUT2D eigenvalue weighted by Gasteiger charge is 2.22. The third kappa shape index (κ3) is 4.10. The van der Waals surface area contributed by atoms with Crippen LogP contribution < -0.4 is 5.32 Å². The van der Waals surface area contributed by atoms with Gasteiger partial charge in [0.15, 0.2) is 0 Å². The number of ether oxygens (including phenoxy) is 1. The number of carbonyl (C=O) groups is 1. The fraction of sp³-hybridized carbons (Fsp3) is 0.500. The van der Waals surface area contributed by atoms with E-state index >= 15 is 0 Å². The Labute approximate surface area is 123 Å². The highest BCUT2D eigenvalue weighted by Crippen LogP contribution is 2.26. The van der Waals surface area contributed by atoms with Crippen LogP contribution in [0.25, 0.3) is 0 Å². The van der Waals surface area contributed by atoms with Crippen LogP contribution in [0.1, 0.15) is 32.6 Å². The number of carbonyl (C=O) groups excluding carboxylic acids is 1. The molecule has 3 nitrogen and oxygen atoms in total. The lowest BCUT2D eigenvalue weighted by Gasteiger charge is -2.18. The van der Waals surface area contributed by atoms with Crippen LogP contribution in [0.2, 0.25) is 10.0 Å². The van der Waals surface area contributed by atoms with Gasteiger partial charge in [0.05, 0.1) is 16.8 Å². The summed E-state index contributed by atoms with van der Waals surface area (Å²) in [6.45, 7) is 1.76. The van der Waals surface area contributed by atoms with Crippen molar-refractivity contribution in [1.82, 2.24) is 0 Å². The fourth-order valence-corrected chi connectivity index (χ4v) is 2.66. The second-order valence-corrected chi connectivity index (χ2v) is 5.64. The lowest BCUT2D eigenvalue weighted by atomic mass is 10.2. The minimum Gasteiger partial charge on any atom is -0.365 e. The van der Waals surface area contributed by atoms with Gasteiger partial charge in [-0.25, -0.2) is 0 Å². The van der Waals surface area contributed by atoms with Crippen molar-refractivity contribution in [3.63, 3.8) is 0 Å². The first-order chi connectivity index (χ1) is 9.06. The molecule has 0 bridgehead atoms. The molecule has 1 fully saturated rings. The van der Waals surface area contributed by atoms with Gasteiger partial charge < -0.3 is 10.1 Å². The zero-order valence-corrected chi connectivity index (χ0v) is 12.3. The predicted octanol–water partition coefficient (Wildman–Crippen LogP) is 4.28. The van der Waals surface area contributed by atoms with Crippen LogP contribution in [0.5, 0.6) is 0 Å². The standard InChI is InChI=1S/C14H17Cl2NO2/c1-9(19-11-4-2-3-5-11)14(18)17-13-7-6-10(15)8-12(13)16/h6-9,11H,2-5H2,1H3,(H,17,18)/t9-/m1/s1. The summed E-state index contributed by atoms with van der Waals surface area (Å²) in [5, 5.41) is 3.72. The summed E-state index contributed by atoms with van der Waals surface area (Å²) >= 11 is 11.8. The van der Waals surface area contributed by atoms with Crippen molar-refractivity contribution >= 4 is 34.8 Å². The minimum absolute atomic E-state index is 0.184. The van der Waals surface area contributed by atoms with Gasteiger partial charge in [-0.2, -0.15) is 0 Å². The Bertz CT molecular complexity index is 459. The maximum Gasteiger partial charge on any atom is 0.253 e. The Hall–Kier alpha value is -0.770. The van der Waals surface area contributed by atoms with Crippen LogP contribution in [0.4, 0.5) is 5.69 Å². The molecular weight excluding hydrogens is 285 g/mol. The highest BCUT2D eigenvalue weighted by atomic mass is 35.5. The van der Waals surface area contributed by atoms with Gasteiger partial charge in [-0.05, 0) is 38.0 Å². The van der Waals surface area contributed by atoms with Crippen LogP contribution in [0.3, 0.4) is 0 Å². The lowest BCUT2D eigenvalue weighted by molar-refractivity contribution is -0.129. The van der Waals surface area contributed by atoms with Gasteiger partial charge in [0.25, 0.3) is 5.91 Å². The van der Waals surface area contributed by atoms with E-state index in [4.69, 9.17) is 27.9 Å². The van der Waals surface area contributed by atoms with Crippen LogP contribution >= 0.6 is 23.2 Å². The third-order valence-corrected chi connectivity index (χ3v) is 3.80. The first-order valence-electron chi connectivity index (χ1n) is 6.47. The largest absolute Gasteiger partial charge is 0.365 e. The van der Waals surface area contributed by atoms with Crippen LogP contribution in [0, 0.1) is 0 Å². The maximum absolute atomic E-state index is 12.0. The van der Waals surface area contributed by atoms with E-state index in [0.29, 0.717) is 15.7 Å². The normalized spacial score (nSPS) is 17.4. The first-order valence-corrected chi connectivity index (χ1v) is 7.23. The van der Waals surface area contributed by atoms with Crippen LogP contribution in [-0.4, -0.2) is 18.1 Å². The molecule has 0 saturated heterocycles. The van der Waals surface area contributed by atoms with Gasteiger partial charge in [0.1, 0.15) is 6.10 Å². The number of nitrogens with one attached hydrogen (secondary N) is 1. The molecule has 0 aliphatic heterocycles. The number of hydrogen-bond acceptors (Lipinski definition) is 2. The lowest BCUT2D eigenvalue weighted by Crippen LogP contribution is -2.30. The van der Waals surface area contributed by atoms with Crippen molar-refractivity contribution in [3.8, 4) is 0 Å². The molecule has 1 amide bonds. The number of hydrogen-bond donors (Lipinski definition) is 1. The smallest absolute Gasteiger partial charge is 0.253 e. The topological polar surface area (TPSA) is 38.3 Å². The van der Waals surface area contributed by atoms with Crippen LogP contribution in [0.15, 0.2) is 18.2 Å². The molecule has 104 valence electrons. The van der Waals surface area contributed by atoms with E-state index in [1.165, 1.54) is 12.8 Å². The van der Waals surface area contributed by atoms with Gasteiger partial charge in [0, 0.05) is 5.02 Å². The molecule has 1 atom stereocenters. The Kier molecular flexibility index (Phi) is 5.08. The van der Waals surface area contributed by atoms with Gasteiger partial charge in [0.2, 0.25) is 0 Å². The molecule has 0 unspecified atom stereocenters. The van der Waals surface area contributed by atoms with Crippen molar-refractivity contribution in [2.24, 2.45) is 0 Å². The average Bonchev–Trinajstić information content (AvgIpc) is 2.85. The molecule has 1 aromatic carbocycles. The van der Waals surface area contributed by atoms with E-state index in [1.807, 2.05) is 0 Å². The summed E-state index contributed by atoms with van der Waals surface area (Å²) in [6.07, 6.45) is 4.18. The summed E-state index contributed by atoms with van der Waals surface area (Å²) in [7, 11) is 0. The number of amides is 1. The molecule has 5 heteroatoms. The van der Waals surface area contributed by atoms with E-state index in [9.17, 15) is 4.79 Å². The maximum atomic E-state index is 12.0. The van der Waals surface area contributed by atoms with Crippen molar-refractivity contribution in [2.45, 2.75) is 44.8 Å². The average molecular weight is 302 g/mol. The van der Waals surface area contributed by atoms with E-state index in [-0.39, 0.29) is 12.0 Å². The molecule has 1 saturated carbocycles. The van der Waals surface area contributed by atoms with Gasteiger partial charge >= 0.3 is 0 Å². The zero-order chi connectivity index (χ0) is 13.8. The Balaban J connectivity index is 1.92. The first kappa shape index (κ1) is 14.6. The Morgan fingerprint density at radius 2 is 2.05 bits per heavy atom.